The zero-order valence-corrected chi connectivity index (χ0v) is 11.4. The summed E-state index contributed by atoms with van der Waals surface area (Å²) in [5, 5.41) is 12.1. The molecule has 0 aromatic heterocycles. The molecule has 5 heteroatoms. The Kier molecular flexibility index (Phi) is 6.92. The van der Waals surface area contributed by atoms with E-state index in [0.717, 1.165) is 5.56 Å². The van der Waals surface area contributed by atoms with Crippen LogP contribution in [0.15, 0.2) is 24.3 Å². The second kappa shape index (κ2) is 8.50. The molecule has 0 spiro atoms. The van der Waals surface area contributed by atoms with Crippen LogP contribution in [0.25, 0.3) is 0 Å². The van der Waals surface area contributed by atoms with Crippen LogP contribution in [0.4, 0.5) is 0 Å². The first kappa shape index (κ1) is 15.5. The van der Waals surface area contributed by atoms with Crippen LogP contribution in [0.5, 0.6) is 5.75 Å². The molecule has 1 aromatic carbocycles. The average molecular weight is 267 g/mol. The highest BCUT2D eigenvalue weighted by Gasteiger charge is 2.06. The molecular formula is C14H21NO4. The Bertz CT molecular complexity index is 395. The molecule has 0 heterocycles. The fourth-order valence-electron chi connectivity index (χ4n) is 1.56. The van der Waals surface area contributed by atoms with Crippen LogP contribution in [0.2, 0.25) is 0 Å². The quantitative estimate of drug-likeness (QED) is 0.734. The fourth-order valence-corrected chi connectivity index (χ4v) is 1.56. The second-order valence-electron chi connectivity index (χ2n) is 4.35. The van der Waals surface area contributed by atoms with Gasteiger partial charge in [0.15, 0.2) is 6.61 Å². The van der Waals surface area contributed by atoms with Gasteiger partial charge in [-0.3, -0.25) is 4.79 Å². The molecule has 1 amide bonds. The van der Waals surface area contributed by atoms with Gasteiger partial charge in [0.1, 0.15) is 5.75 Å². The zero-order valence-electron chi connectivity index (χ0n) is 11.4. The molecule has 0 saturated heterocycles. The lowest BCUT2D eigenvalue weighted by Crippen LogP contribution is -2.32. The highest BCUT2D eigenvalue weighted by molar-refractivity contribution is 5.77. The van der Waals surface area contributed by atoms with Gasteiger partial charge in [0.05, 0.1) is 12.7 Å². The second-order valence-corrected chi connectivity index (χ2v) is 4.35. The number of carbonyl (C=O) groups is 1. The number of ether oxygens (including phenoxy) is 2. The molecule has 0 bridgehead atoms. The molecule has 0 aliphatic carbocycles. The van der Waals surface area contributed by atoms with E-state index >= 15 is 0 Å². The Morgan fingerprint density at radius 3 is 2.95 bits per heavy atom. The van der Waals surface area contributed by atoms with Crippen LogP contribution in [0.1, 0.15) is 12.0 Å². The number of amides is 1. The molecule has 0 radical (unpaired) electrons. The lowest BCUT2D eigenvalue weighted by Gasteiger charge is -2.10. The molecule has 19 heavy (non-hydrogen) atoms. The fraction of sp³-hybridized carbons (Fsp3) is 0.500. The topological polar surface area (TPSA) is 67.8 Å². The summed E-state index contributed by atoms with van der Waals surface area (Å²) in [5.74, 6) is 0.473. The van der Waals surface area contributed by atoms with E-state index < -0.39 is 6.10 Å². The number of rotatable bonds is 8. The predicted octanol–water partition coefficient (Wildman–Crippen LogP) is 0.887. The number of hydrogen-bond donors (Lipinski definition) is 2. The van der Waals surface area contributed by atoms with Crippen LogP contribution in [0, 0.1) is 6.92 Å². The van der Waals surface area contributed by atoms with Crippen LogP contribution in [0.3, 0.4) is 0 Å². The Balaban J connectivity index is 2.18. The van der Waals surface area contributed by atoms with Gasteiger partial charge in [-0.25, -0.2) is 0 Å². The van der Waals surface area contributed by atoms with E-state index in [1.807, 2.05) is 31.2 Å². The third-order valence-electron chi connectivity index (χ3n) is 2.52. The van der Waals surface area contributed by atoms with Gasteiger partial charge < -0.3 is 19.9 Å². The number of hydrogen-bond acceptors (Lipinski definition) is 4. The van der Waals surface area contributed by atoms with Gasteiger partial charge in [-0.15, -0.1) is 0 Å². The Morgan fingerprint density at radius 2 is 2.26 bits per heavy atom. The van der Waals surface area contributed by atoms with Crippen molar-refractivity contribution in [3.63, 3.8) is 0 Å². The summed E-state index contributed by atoms with van der Waals surface area (Å²) in [6.07, 6.45) is -0.0905. The summed E-state index contributed by atoms with van der Waals surface area (Å²) in [6, 6.07) is 7.52. The largest absolute Gasteiger partial charge is 0.484 e. The van der Waals surface area contributed by atoms with Crippen molar-refractivity contribution in [2.24, 2.45) is 0 Å². The number of nitrogens with one attached hydrogen (secondary N) is 1. The smallest absolute Gasteiger partial charge is 0.257 e. The van der Waals surface area contributed by atoms with E-state index in [4.69, 9.17) is 9.47 Å². The molecule has 1 atom stereocenters. The molecule has 1 unspecified atom stereocenters. The van der Waals surface area contributed by atoms with E-state index in [1.165, 1.54) is 7.11 Å². The van der Waals surface area contributed by atoms with E-state index in [2.05, 4.69) is 5.32 Å². The van der Waals surface area contributed by atoms with E-state index in [0.29, 0.717) is 18.7 Å². The first-order valence-electron chi connectivity index (χ1n) is 6.25. The maximum Gasteiger partial charge on any atom is 0.257 e. The molecule has 2 N–H and O–H groups in total. The summed E-state index contributed by atoms with van der Waals surface area (Å²) in [6.45, 7) is 2.62. The number of aliphatic hydroxyl groups is 1. The lowest BCUT2D eigenvalue weighted by molar-refractivity contribution is -0.123. The van der Waals surface area contributed by atoms with Crippen LogP contribution in [-0.2, 0) is 9.53 Å². The third kappa shape index (κ3) is 6.79. The Labute approximate surface area is 113 Å². The molecule has 1 aromatic rings. The van der Waals surface area contributed by atoms with Gasteiger partial charge >= 0.3 is 0 Å². The van der Waals surface area contributed by atoms with Crippen molar-refractivity contribution in [2.45, 2.75) is 19.4 Å². The van der Waals surface area contributed by atoms with Gasteiger partial charge in [0, 0.05) is 13.7 Å². The summed E-state index contributed by atoms with van der Waals surface area (Å²) in [7, 11) is 1.53. The molecular weight excluding hydrogens is 246 g/mol. The number of carbonyl (C=O) groups excluding carboxylic acids is 1. The van der Waals surface area contributed by atoms with Crippen molar-refractivity contribution in [1.82, 2.24) is 5.32 Å². The SMILES string of the molecule is COCC(O)CCNC(=O)COc1cccc(C)c1. The third-order valence-corrected chi connectivity index (χ3v) is 2.52. The normalized spacial score (nSPS) is 11.9. The first-order valence-corrected chi connectivity index (χ1v) is 6.25. The summed E-state index contributed by atoms with van der Waals surface area (Å²) < 4.78 is 10.1. The molecule has 106 valence electrons. The van der Waals surface area contributed by atoms with Crippen LogP contribution < -0.4 is 10.1 Å². The van der Waals surface area contributed by atoms with Gasteiger partial charge in [-0.05, 0) is 31.0 Å². The predicted molar refractivity (Wildman–Crippen MR) is 72.2 cm³/mol. The summed E-state index contributed by atoms with van der Waals surface area (Å²) in [5.41, 5.74) is 1.08. The molecule has 0 aliphatic heterocycles. The van der Waals surface area contributed by atoms with Gasteiger partial charge in [0.25, 0.3) is 5.91 Å². The van der Waals surface area contributed by atoms with Crippen molar-refractivity contribution in [3.05, 3.63) is 29.8 Å². The first-order chi connectivity index (χ1) is 9.11. The van der Waals surface area contributed by atoms with Crippen LogP contribution >= 0.6 is 0 Å². The molecule has 0 fully saturated rings. The Morgan fingerprint density at radius 1 is 1.47 bits per heavy atom. The summed E-state index contributed by atoms with van der Waals surface area (Å²) >= 11 is 0. The minimum Gasteiger partial charge on any atom is -0.484 e. The zero-order chi connectivity index (χ0) is 14.1. The maximum atomic E-state index is 11.5. The number of benzene rings is 1. The number of aliphatic hydroxyl groups excluding tert-OH is 1. The van der Waals surface area contributed by atoms with E-state index in [9.17, 15) is 9.90 Å². The van der Waals surface area contributed by atoms with Crippen molar-refractivity contribution < 1.29 is 19.4 Å². The van der Waals surface area contributed by atoms with Crippen molar-refractivity contribution in [1.29, 1.82) is 0 Å². The van der Waals surface area contributed by atoms with Gasteiger partial charge in [-0.2, -0.15) is 0 Å². The number of aryl methyl sites for hydroxylation is 1. The summed E-state index contributed by atoms with van der Waals surface area (Å²) in [4.78, 5) is 11.5. The van der Waals surface area contributed by atoms with Crippen molar-refractivity contribution >= 4 is 5.91 Å². The minimum atomic E-state index is -0.553. The van der Waals surface area contributed by atoms with Crippen LogP contribution in [-0.4, -0.2) is 44.0 Å². The molecule has 0 aliphatic rings. The van der Waals surface area contributed by atoms with Gasteiger partial charge in [-0.1, -0.05) is 12.1 Å². The molecule has 5 nitrogen and oxygen atoms in total. The standard InChI is InChI=1S/C14H21NO4/c1-11-4-3-5-13(8-11)19-10-14(17)15-7-6-12(16)9-18-2/h3-5,8,12,16H,6-7,9-10H2,1-2H3,(H,15,17). The Hall–Kier alpha value is -1.59. The van der Waals surface area contributed by atoms with E-state index in [1.54, 1.807) is 0 Å². The monoisotopic (exact) mass is 267 g/mol. The van der Waals surface area contributed by atoms with E-state index in [-0.39, 0.29) is 19.1 Å². The number of methoxy groups -OCH3 is 1. The maximum absolute atomic E-state index is 11.5. The highest BCUT2D eigenvalue weighted by atomic mass is 16.5. The lowest BCUT2D eigenvalue weighted by atomic mass is 10.2. The molecule has 1 rings (SSSR count). The average Bonchev–Trinajstić information content (AvgIpc) is 2.37. The van der Waals surface area contributed by atoms with Gasteiger partial charge in [0.2, 0.25) is 0 Å². The minimum absolute atomic E-state index is 0.0240. The van der Waals surface area contributed by atoms with Crippen molar-refractivity contribution in [2.75, 3.05) is 26.9 Å². The molecule has 0 saturated carbocycles. The highest BCUT2D eigenvalue weighted by Crippen LogP contribution is 2.11. The van der Waals surface area contributed by atoms with Crippen molar-refractivity contribution in [3.8, 4) is 5.75 Å².